The van der Waals surface area contributed by atoms with Gasteiger partial charge in [0.05, 0.1) is 17.8 Å². The molecule has 2 aromatic carbocycles. The van der Waals surface area contributed by atoms with E-state index in [2.05, 4.69) is 10.4 Å². The molecule has 0 unspecified atom stereocenters. The molecule has 1 saturated carbocycles. The smallest absolute Gasteiger partial charge is 0.310 e. The van der Waals surface area contributed by atoms with Gasteiger partial charge in [-0.05, 0) is 37.1 Å². The van der Waals surface area contributed by atoms with E-state index in [4.69, 9.17) is 16.3 Å². The van der Waals surface area contributed by atoms with E-state index >= 15 is 0 Å². The van der Waals surface area contributed by atoms with Crippen LogP contribution in [0, 0.1) is 0 Å². The van der Waals surface area contributed by atoms with Crippen molar-refractivity contribution in [3.63, 3.8) is 0 Å². The summed E-state index contributed by atoms with van der Waals surface area (Å²) in [6.07, 6.45) is 3.80. The Morgan fingerprint density at radius 3 is 2.52 bits per heavy atom. The third kappa shape index (κ3) is 5.03. The van der Waals surface area contributed by atoms with Crippen LogP contribution in [-0.2, 0) is 20.7 Å². The highest BCUT2D eigenvalue weighted by Crippen LogP contribution is 2.26. The van der Waals surface area contributed by atoms with Crippen LogP contribution in [0.3, 0.4) is 0 Å². The lowest BCUT2D eigenvalue weighted by Gasteiger charge is -2.06. The fourth-order valence-corrected chi connectivity index (χ4v) is 3.08. The number of aromatic nitrogens is 2. The van der Waals surface area contributed by atoms with Crippen molar-refractivity contribution in [3.8, 4) is 16.9 Å². The highest BCUT2D eigenvalue weighted by atomic mass is 35.5. The topological polar surface area (TPSA) is 73.2 Å². The molecule has 0 saturated heterocycles. The predicted molar refractivity (Wildman–Crippen MR) is 110 cm³/mol. The summed E-state index contributed by atoms with van der Waals surface area (Å²) < 4.78 is 6.88. The van der Waals surface area contributed by atoms with E-state index in [0.717, 1.165) is 24.1 Å². The molecule has 148 valence electrons. The molecular formula is C22H20ClN3O3. The van der Waals surface area contributed by atoms with E-state index in [1.54, 1.807) is 16.8 Å². The van der Waals surface area contributed by atoms with Gasteiger partial charge in [0.15, 0.2) is 6.61 Å². The lowest BCUT2D eigenvalue weighted by atomic mass is 10.1. The lowest BCUT2D eigenvalue weighted by molar-refractivity contribution is -0.147. The van der Waals surface area contributed by atoms with Crippen LogP contribution in [0.4, 0.5) is 0 Å². The number of amides is 1. The zero-order chi connectivity index (χ0) is 20.2. The van der Waals surface area contributed by atoms with E-state index < -0.39 is 5.97 Å². The molecule has 1 aliphatic carbocycles. The van der Waals surface area contributed by atoms with Gasteiger partial charge in [0.1, 0.15) is 0 Å². The largest absolute Gasteiger partial charge is 0.455 e. The van der Waals surface area contributed by atoms with Gasteiger partial charge in [-0.15, -0.1) is 0 Å². The Hall–Kier alpha value is -3.12. The summed E-state index contributed by atoms with van der Waals surface area (Å²) in [6.45, 7) is -0.265. The van der Waals surface area contributed by atoms with Crippen LogP contribution in [-0.4, -0.2) is 34.3 Å². The second kappa shape index (κ2) is 8.49. The Bertz CT molecular complexity index is 1010. The molecule has 6 nitrogen and oxygen atoms in total. The van der Waals surface area contributed by atoms with Gasteiger partial charge in [-0.1, -0.05) is 41.9 Å². The maximum absolute atomic E-state index is 12.3. The Kier molecular flexibility index (Phi) is 5.62. The summed E-state index contributed by atoms with van der Waals surface area (Å²) in [4.78, 5) is 24.1. The van der Waals surface area contributed by atoms with Gasteiger partial charge in [0, 0.05) is 28.4 Å². The molecule has 1 heterocycles. The highest BCUT2D eigenvalue weighted by molar-refractivity contribution is 6.30. The van der Waals surface area contributed by atoms with Crippen LogP contribution in [0.5, 0.6) is 0 Å². The van der Waals surface area contributed by atoms with Crippen LogP contribution in [0.15, 0.2) is 60.8 Å². The number of carbonyl (C=O) groups excluding carboxylic acids is 2. The van der Waals surface area contributed by atoms with Gasteiger partial charge in [0.2, 0.25) is 0 Å². The standard InChI is InChI=1S/C22H20ClN3O3/c23-17-8-6-15(7-9-17)22-16(13-26(25-22)19-4-2-1-3-5-19)12-21(28)29-14-20(27)24-18-10-11-18/h1-9,13,18H,10-12,14H2,(H,24,27). The van der Waals surface area contributed by atoms with Crippen molar-refractivity contribution in [3.05, 3.63) is 71.4 Å². The Balaban J connectivity index is 1.53. The maximum atomic E-state index is 12.3. The van der Waals surface area contributed by atoms with Crippen molar-refractivity contribution in [2.24, 2.45) is 0 Å². The maximum Gasteiger partial charge on any atom is 0.310 e. The Morgan fingerprint density at radius 1 is 1.10 bits per heavy atom. The van der Waals surface area contributed by atoms with Crippen molar-refractivity contribution in [2.45, 2.75) is 25.3 Å². The molecule has 0 bridgehead atoms. The highest BCUT2D eigenvalue weighted by Gasteiger charge is 2.24. The van der Waals surface area contributed by atoms with Crippen molar-refractivity contribution >= 4 is 23.5 Å². The van der Waals surface area contributed by atoms with Gasteiger partial charge in [-0.3, -0.25) is 9.59 Å². The third-order valence-corrected chi connectivity index (χ3v) is 4.82. The SMILES string of the molecule is O=C(COC(=O)Cc1cn(-c2ccccc2)nc1-c1ccc(Cl)cc1)NC1CC1. The van der Waals surface area contributed by atoms with Crippen molar-refractivity contribution in [2.75, 3.05) is 6.61 Å². The molecule has 7 heteroatoms. The minimum absolute atomic E-state index is 0.0154. The summed E-state index contributed by atoms with van der Waals surface area (Å²) >= 11 is 6.00. The van der Waals surface area contributed by atoms with E-state index in [9.17, 15) is 9.59 Å². The fraction of sp³-hybridized carbons (Fsp3) is 0.227. The van der Waals surface area contributed by atoms with Crippen LogP contribution >= 0.6 is 11.6 Å². The number of ether oxygens (including phenoxy) is 1. The fourth-order valence-electron chi connectivity index (χ4n) is 2.95. The molecule has 0 spiro atoms. The predicted octanol–water partition coefficient (Wildman–Crippen LogP) is 3.56. The minimum atomic E-state index is -0.473. The number of hydrogen-bond donors (Lipinski definition) is 1. The number of carbonyl (C=O) groups is 2. The second-order valence-corrected chi connectivity index (χ2v) is 7.41. The van der Waals surface area contributed by atoms with Gasteiger partial charge < -0.3 is 10.1 Å². The van der Waals surface area contributed by atoms with Gasteiger partial charge in [0.25, 0.3) is 5.91 Å². The molecule has 4 rings (SSSR count). The molecule has 1 aromatic heterocycles. The molecule has 1 amide bonds. The summed E-state index contributed by atoms with van der Waals surface area (Å²) in [6, 6.07) is 17.2. The van der Waals surface area contributed by atoms with E-state index in [1.165, 1.54) is 0 Å². The first-order chi connectivity index (χ1) is 14.1. The van der Waals surface area contributed by atoms with Crippen LogP contribution < -0.4 is 5.32 Å². The molecule has 3 aromatic rings. The van der Waals surface area contributed by atoms with Crippen LogP contribution in [0.25, 0.3) is 16.9 Å². The minimum Gasteiger partial charge on any atom is -0.455 e. The van der Waals surface area contributed by atoms with E-state index in [1.807, 2.05) is 48.7 Å². The Morgan fingerprint density at radius 2 is 1.83 bits per heavy atom. The van der Waals surface area contributed by atoms with E-state index in [0.29, 0.717) is 16.3 Å². The molecule has 0 atom stereocenters. The van der Waals surface area contributed by atoms with Gasteiger partial charge in [-0.2, -0.15) is 5.10 Å². The molecule has 1 N–H and O–H groups in total. The zero-order valence-corrected chi connectivity index (χ0v) is 16.4. The number of nitrogens with zero attached hydrogens (tertiary/aromatic N) is 2. The molecule has 0 aliphatic heterocycles. The van der Waals surface area contributed by atoms with Crippen LogP contribution in [0.2, 0.25) is 5.02 Å². The summed E-state index contributed by atoms with van der Waals surface area (Å²) in [5.41, 5.74) is 3.11. The average molecular weight is 410 g/mol. The number of benzene rings is 2. The summed E-state index contributed by atoms with van der Waals surface area (Å²) in [5, 5.41) is 8.08. The lowest BCUT2D eigenvalue weighted by Crippen LogP contribution is -2.30. The number of para-hydroxylation sites is 1. The molecular weight excluding hydrogens is 390 g/mol. The van der Waals surface area contributed by atoms with Gasteiger partial charge >= 0.3 is 5.97 Å². The number of esters is 1. The normalized spacial score (nSPS) is 13.1. The first kappa shape index (κ1) is 19.2. The van der Waals surface area contributed by atoms with Crippen molar-refractivity contribution < 1.29 is 14.3 Å². The molecule has 29 heavy (non-hydrogen) atoms. The second-order valence-electron chi connectivity index (χ2n) is 6.97. The summed E-state index contributed by atoms with van der Waals surface area (Å²) in [5.74, 6) is -0.738. The molecule has 0 radical (unpaired) electrons. The first-order valence-electron chi connectivity index (χ1n) is 9.43. The third-order valence-electron chi connectivity index (χ3n) is 4.57. The quantitative estimate of drug-likeness (QED) is 0.605. The zero-order valence-electron chi connectivity index (χ0n) is 15.7. The molecule has 1 aliphatic rings. The first-order valence-corrected chi connectivity index (χ1v) is 9.81. The van der Waals surface area contributed by atoms with Crippen molar-refractivity contribution in [1.82, 2.24) is 15.1 Å². The van der Waals surface area contributed by atoms with E-state index in [-0.39, 0.29) is 25.0 Å². The number of halogens is 1. The average Bonchev–Trinajstić information content (AvgIpc) is 3.45. The number of hydrogen-bond acceptors (Lipinski definition) is 4. The van der Waals surface area contributed by atoms with Gasteiger partial charge in [-0.25, -0.2) is 4.68 Å². The number of rotatable bonds is 7. The van der Waals surface area contributed by atoms with Crippen molar-refractivity contribution in [1.29, 1.82) is 0 Å². The Labute approximate surface area is 173 Å². The molecule has 1 fully saturated rings. The van der Waals surface area contributed by atoms with Crippen LogP contribution in [0.1, 0.15) is 18.4 Å². The monoisotopic (exact) mass is 409 g/mol. The number of nitrogens with one attached hydrogen (secondary N) is 1. The summed E-state index contributed by atoms with van der Waals surface area (Å²) in [7, 11) is 0.